The second kappa shape index (κ2) is 8.71. The molecule has 0 aromatic heterocycles. The van der Waals surface area contributed by atoms with Crippen LogP contribution in [0.4, 0.5) is 0 Å². The lowest BCUT2D eigenvalue weighted by Crippen LogP contribution is -2.66. The molecule has 10 atom stereocenters. The van der Waals surface area contributed by atoms with Crippen LogP contribution in [0.15, 0.2) is 35.5 Å². The number of carbonyl (C=O) groups is 2. The summed E-state index contributed by atoms with van der Waals surface area (Å²) in [4.78, 5) is 26.5. The van der Waals surface area contributed by atoms with Gasteiger partial charge in [-0.1, -0.05) is 24.6 Å². The molecule has 1 saturated carbocycles. The number of aliphatic hydroxyl groups is 2. The second-order valence-corrected chi connectivity index (χ2v) is 12.4. The summed E-state index contributed by atoms with van der Waals surface area (Å²) < 4.78 is 36.7. The first-order valence-electron chi connectivity index (χ1n) is 14.0. The maximum absolute atomic E-state index is 13.4. The highest BCUT2D eigenvalue weighted by molar-refractivity contribution is 5.83. The zero-order valence-electron chi connectivity index (χ0n) is 22.3. The molecule has 39 heavy (non-hydrogen) atoms. The quantitative estimate of drug-likeness (QED) is 0.263. The minimum absolute atomic E-state index is 0.0701. The molecule has 0 aromatic carbocycles. The highest BCUT2D eigenvalue weighted by Gasteiger charge is 2.83. The van der Waals surface area contributed by atoms with Gasteiger partial charge in [0.1, 0.15) is 36.1 Å². The lowest BCUT2D eigenvalue weighted by atomic mass is 9.51. The van der Waals surface area contributed by atoms with E-state index in [-0.39, 0.29) is 31.8 Å². The molecule has 5 fully saturated rings. The van der Waals surface area contributed by atoms with Crippen molar-refractivity contribution in [1.82, 2.24) is 0 Å². The summed E-state index contributed by atoms with van der Waals surface area (Å²) >= 11 is 0. The molecule has 10 heteroatoms. The van der Waals surface area contributed by atoms with Gasteiger partial charge in [0.05, 0.1) is 30.8 Å². The Hall–Kier alpha value is -2.08. The van der Waals surface area contributed by atoms with Crippen LogP contribution in [0.5, 0.6) is 0 Å². The van der Waals surface area contributed by atoms with Crippen LogP contribution in [0.1, 0.15) is 52.4 Å². The van der Waals surface area contributed by atoms with Gasteiger partial charge in [0.2, 0.25) is 0 Å². The van der Waals surface area contributed by atoms with E-state index < -0.39 is 58.6 Å². The third-order valence-electron chi connectivity index (χ3n) is 10.8. The van der Waals surface area contributed by atoms with E-state index in [9.17, 15) is 19.8 Å². The van der Waals surface area contributed by atoms with Crippen molar-refractivity contribution in [3.8, 4) is 0 Å². The van der Waals surface area contributed by atoms with E-state index in [0.29, 0.717) is 37.9 Å². The number of esters is 2. The summed E-state index contributed by atoms with van der Waals surface area (Å²) in [6.45, 7) is 5.02. The predicted octanol–water partition coefficient (Wildman–Crippen LogP) is 1.63. The highest BCUT2D eigenvalue weighted by Crippen LogP contribution is 2.72. The monoisotopic (exact) mass is 544 g/mol. The van der Waals surface area contributed by atoms with Crippen molar-refractivity contribution in [3.05, 3.63) is 35.5 Å². The Morgan fingerprint density at radius 2 is 1.82 bits per heavy atom. The summed E-state index contributed by atoms with van der Waals surface area (Å²) in [5, 5.41) is 21.2. The number of allylic oxidation sites excluding steroid dienone is 2. The van der Waals surface area contributed by atoms with Gasteiger partial charge in [-0.05, 0) is 44.6 Å². The van der Waals surface area contributed by atoms with Crippen molar-refractivity contribution in [2.75, 3.05) is 19.8 Å². The molecule has 7 aliphatic rings. The maximum atomic E-state index is 13.4. The molecular weight excluding hydrogens is 508 g/mol. The SMILES string of the molecule is CC1=C[C@H]2O[C@@H]3C[C@H]4OC(=O)/C=C\CC[C@@]56OCC/C(=C\C(=O)OC[C@@]2(CC1)[C@]4(C)[C@]31CO1)[C@H]5O[C@@H](O)[C@@H]6O. The van der Waals surface area contributed by atoms with Crippen LogP contribution in [0.3, 0.4) is 0 Å². The van der Waals surface area contributed by atoms with Crippen LogP contribution < -0.4 is 0 Å². The van der Waals surface area contributed by atoms with Crippen LogP contribution in [0.25, 0.3) is 0 Å². The van der Waals surface area contributed by atoms with Crippen molar-refractivity contribution in [3.63, 3.8) is 0 Å². The van der Waals surface area contributed by atoms with Gasteiger partial charge in [-0.2, -0.15) is 0 Å². The van der Waals surface area contributed by atoms with E-state index in [1.54, 1.807) is 6.08 Å². The first kappa shape index (κ1) is 25.9. The van der Waals surface area contributed by atoms with Crippen molar-refractivity contribution < 1.29 is 48.2 Å². The molecule has 5 aliphatic heterocycles. The molecule has 0 aromatic rings. The lowest BCUT2D eigenvalue weighted by Gasteiger charge is -2.58. The highest BCUT2D eigenvalue weighted by atomic mass is 16.7. The third-order valence-corrected chi connectivity index (χ3v) is 10.8. The molecule has 2 aliphatic carbocycles. The standard InChI is InChI=1S/C29H36O10/c1-16-6-9-27-14-34-22(31)12-17-7-10-35-28(23(32)25(33)39-24(17)28)8-4-3-5-21(30)38-18-13-20(37-19(27)11-16)29(15-36-29)26(18,27)2/h3,5,11-12,18-20,23-25,32-33H,4,6-10,13-15H2,1-2H3/b5-3-,17-12+/t18-,19-,20-,23+,24-,25-,26-,27-,28+,29+/m1/s1. The second-order valence-electron chi connectivity index (χ2n) is 12.4. The minimum Gasteiger partial charge on any atom is -0.462 e. The van der Waals surface area contributed by atoms with Crippen molar-refractivity contribution in [1.29, 1.82) is 0 Å². The molecule has 0 unspecified atom stereocenters. The van der Waals surface area contributed by atoms with E-state index in [1.807, 2.05) is 0 Å². The number of hydrogen-bond donors (Lipinski definition) is 2. The largest absolute Gasteiger partial charge is 0.462 e. The van der Waals surface area contributed by atoms with Gasteiger partial charge in [0, 0.05) is 24.0 Å². The summed E-state index contributed by atoms with van der Waals surface area (Å²) in [5.41, 5.74) is -1.29. The molecule has 2 N–H and O–H groups in total. The molecular formula is C29H36O10. The first-order valence-corrected chi connectivity index (χ1v) is 14.0. The molecule has 10 nitrogen and oxygen atoms in total. The number of carbonyl (C=O) groups excluding carboxylic acids is 2. The van der Waals surface area contributed by atoms with Gasteiger partial charge >= 0.3 is 11.9 Å². The molecule has 5 heterocycles. The number of rotatable bonds is 0. The van der Waals surface area contributed by atoms with Crippen LogP contribution in [0.2, 0.25) is 0 Å². The number of hydrogen-bond acceptors (Lipinski definition) is 10. The van der Waals surface area contributed by atoms with Crippen molar-refractivity contribution >= 4 is 11.9 Å². The summed E-state index contributed by atoms with van der Waals surface area (Å²) in [7, 11) is 0. The van der Waals surface area contributed by atoms with Gasteiger partial charge in [0.25, 0.3) is 0 Å². The topological polar surface area (TPSA) is 133 Å². The van der Waals surface area contributed by atoms with Gasteiger partial charge in [-0.3, -0.25) is 0 Å². The summed E-state index contributed by atoms with van der Waals surface area (Å²) in [5.74, 6) is -1.000. The van der Waals surface area contributed by atoms with Gasteiger partial charge < -0.3 is 38.6 Å². The lowest BCUT2D eigenvalue weighted by molar-refractivity contribution is -0.232. The average Bonchev–Trinajstić information content (AvgIpc) is 3.64. The molecule has 4 bridgehead atoms. The van der Waals surface area contributed by atoms with E-state index >= 15 is 0 Å². The van der Waals surface area contributed by atoms with Crippen LogP contribution >= 0.6 is 0 Å². The summed E-state index contributed by atoms with van der Waals surface area (Å²) in [6.07, 6.45) is 5.14. The Morgan fingerprint density at radius 1 is 1.00 bits per heavy atom. The van der Waals surface area contributed by atoms with Crippen LogP contribution in [0, 0.1) is 10.8 Å². The van der Waals surface area contributed by atoms with Crippen molar-refractivity contribution in [2.24, 2.45) is 10.8 Å². The maximum Gasteiger partial charge on any atom is 0.330 e. The fraction of sp³-hybridized carbons (Fsp3) is 0.724. The zero-order chi connectivity index (χ0) is 27.2. The number of aliphatic hydroxyl groups excluding tert-OH is 2. The molecule has 7 rings (SSSR count). The Kier molecular flexibility index (Phi) is 5.77. The van der Waals surface area contributed by atoms with Crippen LogP contribution in [-0.2, 0) is 38.0 Å². The Morgan fingerprint density at radius 3 is 2.62 bits per heavy atom. The molecule has 0 radical (unpaired) electrons. The van der Waals surface area contributed by atoms with E-state index in [1.165, 1.54) is 17.7 Å². The van der Waals surface area contributed by atoms with E-state index in [2.05, 4.69) is 19.9 Å². The smallest absolute Gasteiger partial charge is 0.330 e. The summed E-state index contributed by atoms with van der Waals surface area (Å²) in [6, 6.07) is 0. The Balaban J connectivity index is 1.29. The molecule has 4 saturated heterocycles. The van der Waals surface area contributed by atoms with Gasteiger partial charge in [-0.15, -0.1) is 0 Å². The fourth-order valence-electron chi connectivity index (χ4n) is 8.47. The number of epoxide rings is 1. The normalized spacial score (nSPS) is 53.0. The number of ether oxygens (including phenoxy) is 6. The molecule has 0 amide bonds. The zero-order valence-corrected chi connectivity index (χ0v) is 22.3. The Bertz CT molecular complexity index is 1170. The van der Waals surface area contributed by atoms with E-state index in [0.717, 1.165) is 6.42 Å². The minimum atomic E-state index is -1.46. The Labute approximate surface area is 226 Å². The van der Waals surface area contributed by atoms with E-state index in [4.69, 9.17) is 28.4 Å². The number of cyclic esters (lactones) is 1. The average molecular weight is 545 g/mol. The molecule has 212 valence electrons. The van der Waals surface area contributed by atoms with Crippen LogP contribution in [-0.4, -0.2) is 90.0 Å². The first-order chi connectivity index (χ1) is 18.7. The third kappa shape index (κ3) is 3.42. The fourth-order valence-corrected chi connectivity index (χ4v) is 8.47. The van der Waals surface area contributed by atoms with Gasteiger partial charge in [-0.25, -0.2) is 9.59 Å². The molecule has 2 spiro atoms. The van der Waals surface area contributed by atoms with Crippen molar-refractivity contribution in [2.45, 2.75) is 100 Å². The predicted molar refractivity (Wildman–Crippen MR) is 133 cm³/mol. The van der Waals surface area contributed by atoms with Gasteiger partial charge in [0.15, 0.2) is 6.29 Å².